The molecule has 1 aliphatic rings. The molecule has 90 valence electrons. The van der Waals surface area contributed by atoms with Gasteiger partial charge in [0.2, 0.25) is 0 Å². The lowest BCUT2D eigenvalue weighted by Gasteiger charge is -2.26. The first-order valence-electron chi connectivity index (χ1n) is 7.02. The molecule has 0 spiro atoms. The third-order valence-corrected chi connectivity index (χ3v) is 4.88. The van der Waals surface area contributed by atoms with E-state index in [1.807, 2.05) is 0 Å². The fraction of sp³-hybridized carbons (Fsp3) is 0.158. The molecule has 4 aromatic carbocycles. The van der Waals surface area contributed by atoms with E-state index in [9.17, 15) is 0 Å². The maximum Gasteiger partial charge on any atom is -0.00212 e. The van der Waals surface area contributed by atoms with Crippen molar-refractivity contribution in [1.29, 1.82) is 0 Å². The van der Waals surface area contributed by atoms with E-state index in [4.69, 9.17) is 0 Å². The molecule has 0 saturated heterocycles. The van der Waals surface area contributed by atoms with Gasteiger partial charge in [0.15, 0.2) is 0 Å². The van der Waals surface area contributed by atoms with E-state index in [-0.39, 0.29) is 0 Å². The molecule has 0 aliphatic heterocycles. The number of benzene rings is 4. The van der Waals surface area contributed by atoms with Gasteiger partial charge in [0.25, 0.3) is 0 Å². The summed E-state index contributed by atoms with van der Waals surface area (Å²) in [4.78, 5) is 0. The van der Waals surface area contributed by atoms with Crippen LogP contribution < -0.4 is 0 Å². The summed E-state index contributed by atoms with van der Waals surface area (Å²) in [6.45, 7) is 2.22. The Balaban J connectivity index is 2.26. The zero-order valence-electron chi connectivity index (χ0n) is 11.0. The number of fused-ring (bicyclic) bond motifs is 3. The highest BCUT2D eigenvalue weighted by Crippen LogP contribution is 2.43. The molecule has 0 saturated carbocycles. The van der Waals surface area contributed by atoms with Crippen LogP contribution in [0, 0.1) is 6.92 Å². The highest BCUT2D eigenvalue weighted by molar-refractivity contribution is 6.25. The maximum absolute atomic E-state index is 2.33. The monoisotopic (exact) mass is 242 g/mol. The van der Waals surface area contributed by atoms with Gasteiger partial charge in [-0.15, -0.1) is 0 Å². The Labute approximate surface area is 112 Å². The minimum Gasteiger partial charge on any atom is -0.0610 e. The molecule has 0 unspecified atom stereocenters. The molecular weight excluding hydrogens is 228 g/mol. The minimum atomic E-state index is 1.25. The lowest BCUT2D eigenvalue weighted by Crippen LogP contribution is -2.10. The Morgan fingerprint density at radius 2 is 1.42 bits per heavy atom. The number of hydrogen-bond donors (Lipinski definition) is 0. The van der Waals surface area contributed by atoms with Crippen molar-refractivity contribution in [3.8, 4) is 0 Å². The maximum atomic E-state index is 2.33. The largest absolute Gasteiger partial charge is 0.0610 e. The first-order chi connectivity index (χ1) is 9.34. The Kier molecular flexibility index (Phi) is 1.59. The van der Waals surface area contributed by atoms with Gasteiger partial charge in [-0.3, -0.25) is 0 Å². The van der Waals surface area contributed by atoms with Crippen LogP contribution >= 0.6 is 0 Å². The Bertz CT molecular complexity index is 960. The average molecular weight is 242 g/mol. The Morgan fingerprint density at radius 3 is 2.21 bits per heavy atom. The van der Waals surface area contributed by atoms with Gasteiger partial charge in [0.1, 0.15) is 0 Å². The zero-order chi connectivity index (χ0) is 12.6. The van der Waals surface area contributed by atoms with Crippen LogP contribution in [0.15, 0.2) is 42.5 Å². The van der Waals surface area contributed by atoms with Crippen LogP contribution in [0.25, 0.3) is 32.3 Å². The van der Waals surface area contributed by atoms with Gasteiger partial charge in [0, 0.05) is 0 Å². The fourth-order valence-electron chi connectivity index (χ4n) is 3.84. The number of rotatable bonds is 0. The second-order valence-electron chi connectivity index (χ2n) is 5.78. The van der Waals surface area contributed by atoms with E-state index < -0.39 is 0 Å². The molecule has 0 nitrogen and oxygen atoms in total. The summed E-state index contributed by atoms with van der Waals surface area (Å²) < 4.78 is 0. The van der Waals surface area contributed by atoms with Gasteiger partial charge < -0.3 is 0 Å². The lowest BCUT2D eigenvalue weighted by atomic mass is 9.78. The Hall–Kier alpha value is -2.08. The van der Waals surface area contributed by atoms with E-state index >= 15 is 0 Å². The van der Waals surface area contributed by atoms with Gasteiger partial charge in [-0.05, 0) is 68.8 Å². The molecule has 0 aromatic heterocycles. The first-order valence-corrected chi connectivity index (χ1v) is 7.02. The highest BCUT2D eigenvalue weighted by atomic mass is 14.3. The SMILES string of the molecule is Cc1ccc2c3c(c4cccc5ccc1c2c54)CC3. The predicted octanol–water partition coefficient (Wildman–Crippen LogP) is 4.99. The smallest absolute Gasteiger partial charge is 0.00212 e. The van der Waals surface area contributed by atoms with Crippen LogP contribution in [0.4, 0.5) is 0 Å². The molecule has 1 aliphatic carbocycles. The Morgan fingerprint density at radius 1 is 0.684 bits per heavy atom. The topological polar surface area (TPSA) is 0 Å². The molecule has 0 atom stereocenters. The molecule has 0 N–H and O–H groups in total. The molecule has 0 amide bonds. The molecular formula is C19H14. The summed E-state index contributed by atoms with van der Waals surface area (Å²) in [5, 5.41) is 8.77. The lowest BCUT2D eigenvalue weighted by molar-refractivity contribution is 0.864. The molecule has 0 radical (unpaired) electrons. The van der Waals surface area contributed by atoms with Gasteiger partial charge in [-0.2, -0.15) is 0 Å². The van der Waals surface area contributed by atoms with Crippen LogP contribution in [0.5, 0.6) is 0 Å². The summed E-state index contributed by atoms with van der Waals surface area (Å²) in [7, 11) is 0. The molecule has 0 heterocycles. The number of aryl methyl sites for hydroxylation is 3. The third-order valence-electron chi connectivity index (χ3n) is 4.88. The van der Waals surface area contributed by atoms with Crippen molar-refractivity contribution in [3.63, 3.8) is 0 Å². The van der Waals surface area contributed by atoms with E-state index in [0.717, 1.165) is 0 Å². The normalized spacial score (nSPS) is 14.2. The van der Waals surface area contributed by atoms with Crippen molar-refractivity contribution in [1.82, 2.24) is 0 Å². The molecule has 0 fully saturated rings. The van der Waals surface area contributed by atoms with Gasteiger partial charge >= 0.3 is 0 Å². The van der Waals surface area contributed by atoms with Crippen LogP contribution in [0.1, 0.15) is 16.7 Å². The minimum absolute atomic E-state index is 1.25. The van der Waals surface area contributed by atoms with E-state index in [0.29, 0.717) is 0 Å². The second kappa shape index (κ2) is 3.08. The van der Waals surface area contributed by atoms with Crippen molar-refractivity contribution in [3.05, 3.63) is 59.2 Å². The van der Waals surface area contributed by atoms with E-state index in [1.165, 1.54) is 50.7 Å². The van der Waals surface area contributed by atoms with Gasteiger partial charge in [0.05, 0.1) is 0 Å². The summed E-state index contributed by atoms with van der Waals surface area (Å²) in [5.41, 5.74) is 4.57. The fourth-order valence-corrected chi connectivity index (χ4v) is 3.84. The van der Waals surface area contributed by atoms with Gasteiger partial charge in [-0.1, -0.05) is 42.5 Å². The van der Waals surface area contributed by atoms with Crippen LogP contribution in [0.3, 0.4) is 0 Å². The summed E-state index contributed by atoms with van der Waals surface area (Å²) in [5.74, 6) is 0. The van der Waals surface area contributed by atoms with Crippen LogP contribution in [0.2, 0.25) is 0 Å². The number of hydrogen-bond acceptors (Lipinski definition) is 0. The summed E-state index contributed by atoms with van der Waals surface area (Å²) >= 11 is 0. The molecule has 0 heteroatoms. The molecule has 5 rings (SSSR count). The highest BCUT2D eigenvalue weighted by Gasteiger charge is 2.22. The van der Waals surface area contributed by atoms with Crippen LogP contribution in [-0.2, 0) is 12.8 Å². The standard InChI is InChI=1S/C19H14/c1-11-5-7-17-15-10-9-14(15)16-4-2-3-12-6-8-13(11)19(17)18(12)16/h2-8H,9-10H2,1H3. The average Bonchev–Trinajstić information content (AvgIpc) is 2.39. The van der Waals surface area contributed by atoms with Crippen molar-refractivity contribution in [2.24, 2.45) is 0 Å². The van der Waals surface area contributed by atoms with Crippen molar-refractivity contribution >= 4 is 32.3 Å². The van der Waals surface area contributed by atoms with Crippen molar-refractivity contribution in [2.45, 2.75) is 19.8 Å². The third kappa shape index (κ3) is 1.02. The molecule has 19 heavy (non-hydrogen) atoms. The second-order valence-corrected chi connectivity index (χ2v) is 5.78. The quantitative estimate of drug-likeness (QED) is 0.381. The van der Waals surface area contributed by atoms with E-state index in [1.54, 1.807) is 11.1 Å². The molecule has 4 aromatic rings. The zero-order valence-corrected chi connectivity index (χ0v) is 11.0. The van der Waals surface area contributed by atoms with Crippen molar-refractivity contribution in [2.75, 3.05) is 0 Å². The molecule has 0 bridgehead atoms. The van der Waals surface area contributed by atoms with Gasteiger partial charge in [-0.25, -0.2) is 0 Å². The van der Waals surface area contributed by atoms with Crippen molar-refractivity contribution < 1.29 is 0 Å². The summed E-state index contributed by atoms with van der Waals surface area (Å²) in [6.07, 6.45) is 2.50. The summed E-state index contributed by atoms with van der Waals surface area (Å²) in [6, 6.07) is 15.9. The first kappa shape index (κ1) is 9.80. The van der Waals surface area contributed by atoms with Crippen LogP contribution in [-0.4, -0.2) is 0 Å². The van der Waals surface area contributed by atoms with E-state index in [2.05, 4.69) is 49.4 Å². The predicted molar refractivity (Wildman–Crippen MR) is 82.3 cm³/mol.